The summed E-state index contributed by atoms with van der Waals surface area (Å²) in [7, 11) is 0. The third kappa shape index (κ3) is 5.27. The van der Waals surface area contributed by atoms with Gasteiger partial charge in [-0.1, -0.05) is 23.2 Å². The second-order valence-corrected chi connectivity index (χ2v) is 8.52. The largest absolute Gasteiger partial charge is 0.416 e. The third-order valence-electron chi connectivity index (χ3n) is 5.06. The summed E-state index contributed by atoms with van der Waals surface area (Å²) in [4.78, 5) is 21.1. The van der Waals surface area contributed by atoms with E-state index in [1.165, 1.54) is 49.6 Å². The molecular weight excluding hydrogens is 529 g/mol. The van der Waals surface area contributed by atoms with E-state index in [0.717, 1.165) is 9.36 Å². The van der Waals surface area contributed by atoms with Crippen LogP contribution in [0.3, 0.4) is 0 Å². The lowest BCUT2D eigenvalue weighted by atomic mass is 10.2. The van der Waals surface area contributed by atoms with Gasteiger partial charge in [-0.2, -0.15) is 13.2 Å². The van der Waals surface area contributed by atoms with Crippen molar-refractivity contribution >= 4 is 23.2 Å². The number of aliphatic hydroxyl groups excluding tert-OH is 1. The zero-order chi connectivity index (χ0) is 26.2. The molecule has 3 aromatic heterocycles. The van der Waals surface area contributed by atoms with Gasteiger partial charge in [0.1, 0.15) is 12.2 Å². The van der Waals surface area contributed by atoms with Crippen LogP contribution in [0.25, 0.3) is 17.1 Å². The standard InChI is InChI=1S/C21H17Cl2F4N7O2/c1-11(24)18-29-17(30-34(18)15-8-28-7-6-14(15)23)10-33-20(36)32(9-16(35)21(25,26)27)19(31-33)12-2-4-13(22)5-3-12/h2-8,11,16,35H,9-10H2,1H3/t11?,16-/m0/s1. The molecule has 3 heterocycles. The summed E-state index contributed by atoms with van der Waals surface area (Å²) in [6.45, 7) is -0.272. The highest BCUT2D eigenvalue weighted by molar-refractivity contribution is 6.32. The maximum Gasteiger partial charge on any atom is 0.416 e. The van der Waals surface area contributed by atoms with E-state index in [1.807, 2.05) is 0 Å². The summed E-state index contributed by atoms with van der Waals surface area (Å²) in [6, 6.07) is 7.35. The molecule has 1 unspecified atom stereocenters. The number of hydrogen-bond donors (Lipinski definition) is 1. The highest BCUT2D eigenvalue weighted by atomic mass is 35.5. The molecule has 0 bridgehead atoms. The third-order valence-corrected chi connectivity index (χ3v) is 5.63. The van der Waals surface area contributed by atoms with Gasteiger partial charge in [-0.3, -0.25) is 9.55 Å². The lowest BCUT2D eigenvalue weighted by Crippen LogP contribution is -2.37. The normalized spacial score (nSPS) is 13.7. The quantitative estimate of drug-likeness (QED) is 0.352. The van der Waals surface area contributed by atoms with Gasteiger partial charge in [0.15, 0.2) is 29.7 Å². The van der Waals surface area contributed by atoms with Crippen molar-refractivity contribution in [1.29, 1.82) is 0 Å². The van der Waals surface area contributed by atoms with Gasteiger partial charge in [-0.05, 0) is 37.3 Å². The predicted octanol–water partition coefficient (Wildman–Crippen LogP) is 4.00. The van der Waals surface area contributed by atoms with Crippen LogP contribution >= 0.6 is 23.2 Å². The SMILES string of the molecule is CC(F)c1nc(Cn2nc(-c3ccc(Cl)cc3)n(C[C@H](O)C(F)(F)F)c2=O)nn1-c1cnccc1Cl. The van der Waals surface area contributed by atoms with Gasteiger partial charge < -0.3 is 5.11 Å². The topological polar surface area (TPSA) is 104 Å². The van der Waals surface area contributed by atoms with E-state index >= 15 is 0 Å². The van der Waals surface area contributed by atoms with Gasteiger partial charge in [0.25, 0.3) is 0 Å². The van der Waals surface area contributed by atoms with Crippen molar-refractivity contribution in [3.63, 3.8) is 0 Å². The average molecular weight is 546 g/mol. The van der Waals surface area contributed by atoms with E-state index in [4.69, 9.17) is 23.2 Å². The summed E-state index contributed by atoms with van der Waals surface area (Å²) in [5, 5.41) is 18.5. The van der Waals surface area contributed by atoms with Gasteiger partial charge >= 0.3 is 11.9 Å². The van der Waals surface area contributed by atoms with Gasteiger partial charge in [0.2, 0.25) is 0 Å². The van der Waals surface area contributed by atoms with E-state index in [0.29, 0.717) is 9.59 Å². The maximum absolute atomic E-state index is 14.3. The molecule has 36 heavy (non-hydrogen) atoms. The van der Waals surface area contributed by atoms with Crippen LogP contribution in [-0.4, -0.2) is 51.5 Å². The molecule has 0 saturated heterocycles. The average Bonchev–Trinajstić information content (AvgIpc) is 3.36. The van der Waals surface area contributed by atoms with Crippen LogP contribution < -0.4 is 5.69 Å². The van der Waals surface area contributed by atoms with Crippen molar-refractivity contribution in [2.75, 3.05) is 0 Å². The molecule has 1 aromatic carbocycles. The molecule has 0 aliphatic heterocycles. The Morgan fingerprint density at radius 1 is 1.11 bits per heavy atom. The molecule has 4 aromatic rings. The van der Waals surface area contributed by atoms with Crippen molar-refractivity contribution in [1.82, 2.24) is 34.1 Å². The Morgan fingerprint density at radius 3 is 2.42 bits per heavy atom. The van der Waals surface area contributed by atoms with Crippen molar-refractivity contribution in [2.24, 2.45) is 0 Å². The van der Waals surface area contributed by atoms with E-state index in [9.17, 15) is 27.5 Å². The highest BCUT2D eigenvalue weighted by Gasteiger charge is 2.39. The molecule has 0 aliphatic carbocycles. The molecule has 0 aliphatic rings. The van der Waals surface area contributed by atoms with Crippen molar-refractivity contribution < 1.29 is 22.7 Å². The lowest BCUT2D eigenvalue weighted by molar-refractivity contribution is -0.207. The summed E-state index contributed by atoms with van der Waals surface area (Å²) in [5.74, 6) is -0.327. The second-order valence-electron chi connectivity index (χ2n) is 7.68. The zero-order valence-electron chi connectivity index (χ0n) is 18.4. The van der Waals surface area contributed by atoms with Crippen molar-refractivity contribution in [3.8, 4) is 17.1 Å². The first kappa shape index (κ1) is 25.8. The van der Waals surface area contributed by atoms with Gasteiger partial charge in [-0.25, -0.2) is 23.5 Å². The van der Waals surface area contributed by atoms with E-state index < -0.39 is 37.2 Å². The first-order chi connectivity index (χ1) is 17.0. The second kappa shape index (κ2) is 9.99. The molecule has 0 radical (unpaired) electrons. The summed E-state index contributed by atoms with van der Waals surface area (Å²) < 4.78 is 56.1. The zero-order valence-corrected chi connectivity index (χ0v) is 19.9. The van der Waals surface area contributed by atoms with E-state index in [2.05, 4.69) is 20.2 Å². The summed E-state index contributed by atoms with van der Waals surface area (Å²) >= 11 is 12.1. The number of nitrogens with zero attached hydrogens (tertiary/aromatic N) is 7. The Hall–Kier alpha value is -3.29. The fraction of sp³-hybridized carbons (Fsp3) is 0.286. The Bertz CT molecular complexity index is 1430. The first-order valence-corrected chi connectivity index (χ1v) is 11.1. The van der Waals surface area contributed by atoms with E-state index in [1.54, 1.807) is 0 Å². The molecule has 1 N–H and O–H groups in total. The molecule has 0 saturated carbocycles. The van der Waals surface area contributed by atoms with Crippen LogP contribution in [0.4, 0.5) is 17.6 Å². The van der Waals surface area contributed by atoms with Gasteiger partial charge in [0, 0.05) is 16.8 Å². The fourth-order valence-electron chi connectivity index (χ4n) is 3.33. The molecule has 2 atom stereocenters. The van der Waals surface area contributed by atoms with Crippen LogP contribution in [0.2, 0.25) is 10.0 Å². The lowest BCUT2D eigenvalue weighted by Gasteiger charge is -2.15. The molecule has 9 nitrogen and oxygen atoms in total. The Kier molecular flexibility index (Phi) is 7.16. The van der Waals surface area contributed by atoms with Crippen molar-refractivity contribution in [3.05, 3.63) is 74.9 Å². The molecule has 0 amide bonds. The number of pyridine rings is 1. The number of hydrogen-bond acceptors (Lipinski definition) is 6. The van der Waals surface area contributed by atoms with Crippen LogP contribution in [0, 0.1) is 0 Å². The summed E-state index contributed by atoms with van der Waals surface area (Å²) in [5.41, 5.74) is -0.442. The van der Waals surface area contributed by atoms with Crippen LogP contribution in [0.5, 0.6) is 0 Å². The van der Waals surface area contributed by atoms with Gasteiger partial charge in [-0.15, -0.1) is 10.2 Å². The molecule has 15 heteroatoms. The highest BCUT2D eigenvalue weighted by Crippen LogP contribution is 2.25. The number of aromatic nitrogens is 7. The van der Waals surface area contributed by atoms with Crippen LogP contribution in [0.15, 0.2) is 47.5 Å². The smallest absolute Gasteiger partial charge is 0.382 e. The molecule has 0 fully saturated rings. The van der Waals surface area contributed by atoms with E-state index in [-0.39, 0.29) is 33.7 Å². The Morgan fingerprint density at radius 2 is 1.81 bits per heavy atom. The molecular formula is C21H17Cl2F4N7O2. The molecule has 4 rings (SSSR count). The summed E-state index contributed by atoms with van der Waals surface area (Å²) in [6.07, 6.45) is -6.58. The fourth-order valence-corrected chi connectivity index (χ4v) is 3.64. The first-order valence-electron chi connectivity index (χ1n) is 10.3. The van der Waals surface area contributed by atoms with Crippen LogP contribution in [-0.2, 0) is 13.1 Å². The Balaban J connectivity index is 1.78. The van der Waals surface area contributed by atoms with Crippen LogP contribution in [0.1, 0.15) is 24.7 Å². The molecule has 190 valence electrons. The molecule has 0 spiro atoms. The van der Waals surface area contributed by atoms with Gasteiger partial charge in [0.05, 0.1) is 17.8 Å². The number of halogens is 6. The minimum atomic E-state index is -4.96. The van der Waals surface area contributed by atoms with Crippen molar-refractivity contribution in [2.45, 2.75) is 38.5 Å². The Labute approximate surface area is 210 Å². The number of rotatable bonds is 7. The number of alkyl halides is 4. The maximum atomic E-state index is 14.3. The number of benzene rings is 1. The predicted molar refractivity (Wildman–Crippen MR) is 122 cm³/mol. The minimum absolute atomic E-state index is 0.0554. The monoisotopic (exact) mass is 545 g/mol. The number of aliphatic hydroxyl groups is 1. The minimum Gasteiger partial charge on any atom is -0.382 e.